The highest BCUT2D eigenvalue weighted by molar-refractivity contribution is 5.78. The van der Waals surface area contributed by atoms with Crippen LogP contribution in [0.2, 0.25) is 0 Å². The lowest BCUT2D eigenvalue weighted by Gasteiger charge is -2.20. The van der Waals surface area contributed by atoms with Gasteiger partial charge in [0.15, 0.2) is 0 Å². The summed E-state index contributed by atoms with van der Waals surface area (Å²) in [6, 6.07) is 2.06. The van der Waals surface area contributed by atoms with Gasteiger partial charge in [-0.15, -0.1) is 0 Å². The van der Waals surface area contributed by atoms with E-state index < -0.39 is 0 Å². The molecule has 1 amide bonds. The van der Waals surface area contributed by atoms with Crippen LogP contribution in [0.25, 0.3) is 0 Å². The topological polar surface area (TPSA) is 35.6 Å². The van der Waals surface area contributed by atoms with E-state index in [1.165, 1.54) is 32.1 Å². The van der Waals surface area contributed by atoms with Gasteiger partial charge in [0.25, 0.3) is 0 Å². The predicted octanol–water partition coefficient (Wildman–Crippen LogP) is 0.824. The second-order valence-corrected chi connectivity index (χ2v) is 6.18. The van der Waals surface area contributed by atoms with E-state index in [0.717, 1.165) is 25.7 Å². The van der Waals surface area contributed by atoms with Crippen molar-refractivity contribution in [2.24, 2.45) is 0 Å². The highest BCUT2D eigenvalue weighted by atomic mass is 16.2. The smallest absolute Gasteiger partial charge is 0.236 e. The molecule has 18 heavy (non-hydrogen) atoms. The Balaban J connectivity index is 1.42. The van der Waals surface area contributed by atoms with E-state index in [1.807, 2.05) is 4.90 Å². The molecule has 3 aliphatic rings. The van der Waals surface area contributed by atoms with Crippen molar-refractivity contribution in [3.05, 3.63) is 0 Å². The lowest BCUT2D eigenvalue weighted by atomic mass is 10.2. The average Bonchev–Trinajstić information content (AvgIpc) is 2.91. The molecule has 2 saturated heterocycles. The Labute approximate surface area is 110 Å². The standard InChI is InChI=1S/C14H25N3O/c1-11-8-12(10-17(11)13-4-5-13)15-9-14(18)16-6-2-3-7-16/h11-13,15H,2-10H2,1H3. The molecule has 4 heteroatoms. The Morgan fingerprint density at radius 2 is 2.00 bits per heavy atom. The molecule has 2 heterocycles. The lowest BCUT2D eigenvalue weighted by Crippen LogP contribution is -2.41. The van der Waals surface area contributed by atoms with Crippen LogP contribution in [-0.4, -0.2) is 60.0 Å². The van der Waals surface area contributed by atoms with Gasteiger partial charge in [-0.3, -0.25) is 9.69 Å². The summed E-state index contributed by atoms with van der Waals surface area (Å²) >= 11 is 0. The average molecular weight is 251 g/mol. The second-order valence-electron chi connectivity index (χ2n) is 6.18. The van der Waals surface area contributed by atoms with E-state index in [4.69, 9.17) is 0 Å². The molecular weight excluding hydrogens is 226 g/mol. The summed E-state index contributed by atoms with van der Waals surface area (Å²) in [7, 11) is 0. The summed E-state index contributed by atoms with van der Waals surface area (Å²) in [5.41, 5.74) is 0. The van der Waals surface area contributed by atoms with Crippen molar-refractivity contribution in [1.82, 2.24) is 15.1 Å². The molecule has 4 nitrogen and oxygen atoms in total. The summed E-state index contributed by atoms with van der Waals surface area (Å²) in [6.45, 7) is 5.93. The van der Waals surface area contributed by atoms with E-state index in [-0.39, 0.29) is 0 Å². The summed E-state index contributed by atoms with van der Waals surface area (Å²) in [6.07, 6.45) is 6.32. The highest BCUT2D eigenvalue weighted by Crippen LogP contribution is 2.33. The third-order valence-corrected chi connectivity index (χ3v) is 4.64. The monoisotopic (exact) mass is 251 g/mol. The maximum absolute atomic E-state index is 12.0. The highest BCUT2D eigenvalue weighted by Gasteiger charge is 2.38. The summed E-state index contributed by atoms with van der Waals surface area (Å²) in [4.78, 5) is 16.6. The molecule has 0 aromatic rings. The maximum Gasteiger partial charge on any atom is 0.236 e. The van der Waals surface area contributed by atoms with Gasteiger partial charge in [-0.1, -0.05) is 0 Å². The largest absolute Gasteiger partial charge is 0.342 e. The fraction of sp³-hybridized carbons (Fsp3) is 0.929. The van der Waals surface area contributed by atoms with Gasteiger partial charge >= 0.3 is 0 Å². The van der Waals surface area contributed by atoms with Crippen LogP contribution in [0.1, 0.15) is 39.0 Å². The van der Waals surface area contributed by atoms with Gasteiger partial charge in [0.05, 0.1) is 6.54 Å². The molecule has 3 rings (SSSR count). The minimum absolute atomic E-state index is 0.296. The third kappa shape index (κ3) is 2.69. The molecule has 0 radical (unpaired) electrons. The number of nitrogens with zero attached hydrogens (tertiary/aromatic N) is 2. The van der Waals surface area contributed by atoms with Crippen LogP contribution in [0.3, 0.4) is 0 Å². The molecule has 0 aromatic heterocycles. The number of nitrogens with one attached hydrogen (secondary N) is 1. The van der Waals surface area contributed by atoms with Gasteiger partial charge in [0.2, 0.25) is 5.91 Å². The molecule has 1 aliphatic carbocycles. The molecule has 2 unspecified atom stereocenters. The minimum atomic E-state index is 0.296. The van der Waals surface area contributed by atoms with Gasteiger partial charge < -0.3 is 10.2 Å². The molecule has 1 N–H and O–H groups in total. The molecule has 1 saturated carbocycles. The zero-order valence-corrected chi connectivity index (χ0v) is 11.4. The zero-order valence-electron chi connectivity index (χ0n) is 11.4. The number of carbonyl (C=O) groups excluding carboxylic acids is 1. The van der Waals surface area contributed by atoms with Crippen LogP contribution >= 0.6 is 0 Å². The normalized spacial score (nSPS) is 33.3. The minimum Gasteiger partial charge on any atom is -0.342 e. The number of rotatable bonds is 4. The van der Waals surface area contributed by atoms with E-state index in [0.29, 0.717) is 24.5 Å². The van der Waals surface area contributed by atoms with Crippen molar-refractivity contribution in [2.75, 3.05) is 26.2 Å². The number of carbonyl (C=O) groups is 1. The van der Waals surface area contributed by atoms with Crippen LogP contribution in [0.4, 0.5) is 0 Å². The van der Waals surface area contributed by atoms with Gasteiger partial charge in [0, 0.05) is 37.8 Å². The van der Waals surface area contributed by atoms with E-state index in [1.54, 1.807) is 0 Å². The number of amides is 1. The fourth-order valence-electron chi connectivity index (χ4n) is 3.43. The van der Waals surface area contributed by atoms with Gasteiger partial charge in [-0.25, -0.2) is 0 Å². The van der Waals surface area contributed by atoms with Crippen LogP contribution in [0, 0.1) is 0 Å². The first kappa shape index (κ1) is 12.4. The number of likely N-dealkylation sites (tertiary alicyclic amines) is 2. The zero-order chi connectivity index (χ0) is 12.5. The molecule has 2 aliphatic heterocycles. The molecule has 2 atom stereocenters. The molecule has 102 valence electrons. The Morgan fingerprint density at radius 3 is 2.67 bits per heavy atom. The van der Waals surface area contributed by atoms with E-state index in [9.17, 15) is 4.79 Å². The first-order chi connectivity index (χ1) is 8.74. The van der Waals surface area contributed by atoms with Crippen molar-refractivity contribution in [3.8, 4) is 0 Å². The SMILES string of the molecule is CC1CC(NCC(=O)N2CCCC2)CN1C1CC1. The Morgan fingerprint density at radius 1 is 1.28 bits per heavy atom. The molecule has 0 bridgehead atoms. The van der Waals surface area contributed by atoms with Crippen LogP contribution in [-0.2, 0) is 4.79 Å². The van der Waals surface area contributed by atoms with Crippen LogP contribution in [0.15, 0.2) is 0 Å². The molecule has 3 fully saturated rings. The Hall–Kier alpha value is -0.610. The van der Waals surface area contributed by atoms with Gasteiger partial charge in [-0.05, 0) is 39.0 Å². The van der Waals surface area contributed by atoms with Crippen LogP contribution in [0.5, 0.6) is 0 Å². The van der Waals surface area contributed by atoms with Crippen molar-refractivity contribution in [2.45, 2.75) is 57.2 Å². The maximum atomic E-state index is 12.0. The first-order valence-corrected chi connectivity index (χ1v) is 7.51. The Bertz CT molecular complexity index is 310. The van der Waals surface area contributed by atoms with Gasteiger partial charge in [-0.2, -0.15) is 0 Å². The number of hydrogen-bond donors (Lipinski definition) is 1. The first-order valence-electron chi connectivity index (χ1n) is 7.51. The summed E-state index contributed by atoms with van der Waals surface area (Å²) in [5.74, 6) is 0.296. The summed E-state index contributed by atoms with van der Waals surface area (Å²) in [5, 5.41) is 3.47. The Kier molecular flexibility index (Phi) is 3.57. The van der Waals surface area contributed by atoms with Crippen molar-refractivity contribution in [3.63, 3.8) is 0 Å². The number of hydrogen-bond acceptors (Lipinski definition) is 3. The molecule has 0 spiro atoms. The third-order valence-electron chi connectivity index (χ3n) is 4.64. The van der Waals surface area contributed by atoms with Crippen molar-refractivity contribution >= 4 is 5.91 Å². The van der Waals surface area contributed by atoms with Gasteiger partial charge in [0.1, 0.15) is 0 Å². The lowest BCUT2D eigenvalue weighted by molar-refractivity contribution is -0.129. The van der Waals surface area contributed by atoms with Crippen molar-refractivity contribution < 1.29 is 4.79 Å². The quantitative estimate of drug-likeness (QED) is 0.803. The summed E-state index contributed by atoms with van der Waals surface area (Å²) < 4.78 is 0. The van der Waals surface area contributed by atoms with Crippen LogP contribution < -0.4 is 5.32 Å². The van der Waals surface area contributed by atoms with E-state index >= 15 is 0 Å². The van der Waals surface area contributed by atoms with Crippen molar-refractivity contribution in [1.29, 1.82) is 0 Å². The molecule has 0 aromatic carbocycles. The van der Waals surface area contributed by atoms with E-state index in [2.05, 4.69) is 17.1 Å². The second kappa shape index (κ2) is 5.17. The fourth-order valence-corrected chi connectivity index (χ4v) is 3.43. The predicted molar refractivity (Wildman–Crippen MR) is 71.4 cm³/mol. The molecular formula is C14H25N3O.